The van der Waals surface area contributed by atoms with Crippen molar-refractivity contribution < 1.29 is 4.79 Å². The first-order valence-corrected chi connectivity index (χ1v) is 6.40. The average Bonchev–Trinajstić information content (AvgIpc) is 2.28. The molecule has 0 aliphatic carbocycles. The monoisotopic (exact) mass is 249 g/mol. The van der Waals surface area contributed by atoms with Crippen LogP contribution in [0.25, 0.3) is 0 Å². The molecule has 0 saturated carbocycles. The molecule has 4 nitrogen and oxygen atoms in total. The van der Waals surface area contributed by atoms with Crippen molar-refractivity contribution in [1.29, 1.82) is 0 Å². The third-order valence-corrected chi connectivity index (χ3v) is 2.69. The number of hydrogen-bond acceptors (Lipinski definition) is 3. The standard InChI is InChI=1S/C14H23N3O/c1-10(2)9-17(11(3)4)14(18)7-13-6-5-12(15)8-16-13/h5-6,8,10-11H,7,9,15H2,1-4H3. The van der Waals surface area contributed by atoms with Crippen molar-refractivity contribution in [3.05, 3.63) is 24.0 Å². The van der Waals surface area contributed by atoms with Gasteiger partial charge in [0.05, 0.1) is 18.3 Å². The Balaban J connectivity index is 2.69. The van der Waals surface area contributed by atoms with Gasteiger partial charge in [0.2, 0.25) is 5.91 Å². The largest absolute Gasteiger partial charge is 0.397 e. The van der Waals surface area contributed by atoms with Crippen LogP contribution in [0.15, 0.2) is 18.3 Å². The van der Waals surface area contributed by atoms with Crippen molar-refractivity contribution in [3.8, 4) is 0 Å². The minimum Gasteiger partial charge on any atom is -0.397 e. The molecule has 0 saturated heterocycles. The summed E-state index contributed by atoms with van der Waals surface area (Å²) in [7, 11) is 0. The Morgan fingerprint density at radius 3 is 2.44 bits per heavy atom. The maximum absolute atomic E-state index is 12.2. The van der Waals surface area contributed by atoms with Crippen LogP contribution >= 0.6 is 0 Å². The van der Waals surface area contributed by atoms with Crippen molar-refractivity contribution >= 4 is 11.6 Å². The van der Waals surface area contributed by atoms with E-state index < -0.39 is 0 Å². The van der Waals surface area contributed by atoms with Crippen LogP contribution in [0.1, 0.15) is 33.4 Å². The van der Waals surface area contributed by atoms with Gasteiger partial charge in [-0.1, -0.05) is 13.8 Å². The van der Waals surface area contributed by atoms with Crippen LogP contribution < -0.4 is 5.73 Å². The molecule has 1 amide bonds. The first kappa shape index (κ1) is 14.5. The van der Waals surface area contributed by atoms with Crippen molar-refractivity contribution in [1.82, 2.24) is 9.88 Å². The summed E-state index contributed by atoms with van der Waals surface area (Å²) in [5.74, 6) is 0.590. The highest BCUT2D eigenvalue weighted by Crippen LogP contribution is 2.09. The van der Waals surface area contributed by atoms with E-state index in [1.807, 2.05) is 18.7 Å². The Morgan fingerprint density at radius 1 is 1.33 bits per heavy atom. The lowest BCUT2D eigenvalue weighted by molar-refractivity contribution is -0.132. The van der Waals surface area contributed by atoms with Gasteiger partial charge in [-0.15, -0.1) is 0 Å². The second-order valence-corrected chi connectivity index (χ2v) is 5.29. The number of aromatic nitrogens is 1. The predicted octanol–water partition coefficient (Wildman–Crippen LogP) is 2.10. The van der Waals surface area contributed by atoms with E-state index >= 15 is 0 Å². The molecule has 1 heterocycles. The number of pyridine rings is 1. The molecule has 0 unspecified atom stereocenters. The van der Waals surface area contributed by atoms with E-state index in [4.69, 9.17) is 5.73 Å². The fraction of sp³-hybridized carbons (Fsp3) is 0.571. The SMILES string of the molecule is CC(C)CN(C(=O)Cc1ccc(N)cn1)C(C)C. The van der Waals surface area contributed by atoms with Gasteiger partial charge in [-0.25, -0.2) is 0 Å². The fourth-order valence-corrected chi connectivity index (χ4v) is 1.79. The van der Waals surface area contributed by atoms with Gasteiger partial charge < -0.3 is 10.6 Å². The molecule has 0 radical (unpaired) electrons. The zero-order valence-corrected chi connectivity index (χ0v) is 11.7. The van der Waals surface area contributed by atoms with Crippen LogP contribution in [0.5, 0.6) is 0 Å². The summed E-state index contributed by atoms with van der Waals surface area (Å²) in [4.78, 5) is 18.3. The normalized spacial score (nSPS) is 11.0. The molecule has 0 aromatic carbocycles. The fourth-order valence-electron chi connectivity index (χ4n) is 1.79. The zero-order chi connectivity index (χ0) is 13.7. The van der Waals surface area contributed by atoms with Gasteiger partial charge in [-0.05, 0) is 31.9 Å². The summed E-state index contributed by atoms with van der Waals surface area (Å²) in [6.07, 6.45) is 1.93. The highest BCUT2D eigenvalue weighted by Gasteiger charge is 2.18. The van der Waals surface area contributed by atoms with E-state index in [1.54, 1.807) is 18.3 Å². The zero-order valence-electron chi connectivity index (χ0n) is 11.7. The molecule has 0 aliphatic heterocycles. The Bertz CT molecular complexity index is 385. The van der Waals surface area contributed by atoms with E-state index in [9.17, 15) is 4.79 Å². The molecule has 0 spiro atoms. The summed E-state index contributed by atoms with van der Waals surface area (Å²) in [5.41, 5.74) is 6.96. The quantitative estimate of drug-likeness (QED) is 0.869. The third-order valence-electron chi connectivity index (χ3n) is 2.69. The molecule has 1 aromatic rings. The number of anilines is 1. The molecule has 0 atom stereocenters. The number of nitrogen functional groups attached to an aromatic ring is 1. The van der Waals surface area contributed by atoms with Crippen molar-refractivity contribution in [2.75, 3.05) is 12.3 Å². The number of amides is 1. The van der Waals surface area contributed by atoms with E-state index in [0.717, 1.165) is 12.2 Å². The molecule has 0 aliphatic rings. The molecule has 1 rings (SSSR count). The molecule has 2 N–H and O–H groups in total. The van der Waals surface area contributed by atoms with Crippen molar-refractivity contribution in [2.45, 2.75) is 40.2 Å². The minimum atomic E-state index is 0.121. The van der Waals surface area contributed by atoms with Gasteiger partial charge in [-0.3, -0.25) is 9.78 Å². The summed E-state index contributed by atoms with van der Waals surface area (Å²) in [6, 6.07) is 3.80. The van der Waals surface area contributed by atoms with Gasteiger partial charge in [0, 0.05) is 18.3 Å². The Labute approximate surface area is 109 Å². The molecule has 0 bridgehead atoms. The average molecular weight is 249 g/mol. The summed E-state index contributed by atoms with van der Waals surface area (Å²) in [6.45, 7) is 9.09. The Morgan fingerprint density at radius 2 is 2.00 bits per heavy atom. The van der Waals surface area contributed by atoms with Gasteiger partial charge in [0.1, 0.15) is 0 Å². The van der Waals surface area contributed by atoms with Crippen LogP contribution in [0.3, 0.4) is 0 Å². The summed E-state index contributed by atoms with van der Waals surface area (Å²) >= 11 is 0. The first-order chi connectivity index (χ1) is 8.40. The van der Waals surface area contributed by atoms with Crippen molar-refractivity contribution in [2.24, 2.45) is 5.92 Å². The van der Waals surface area contributed by atoms with Gasteiger partial charge >= 0.3 is 0 Å². The first-order valence-electron chi connectivity index (χ1n) is 6.40. The summed E-state index contributed by atoms with van der Waals surface area (Å²) < 4.78 is 0. The lowest BCUT2D eigenvalue weighted by Crippen LogP contribution is -2.40. The number of carbonyl (C=O) groups is 1. The number of carbonyl (C=O) groups excluding carboxylic acids is 1. The van der Waals surface area contributed by atoms with Crippen LogP contribution in [-0.2, 0) is 11.2 Å². The predicted molar refractivity (Wildman–Crippen MR) is 74.0 cm³/mol. The van der Waals surface area contributed by atoms with Crippen LogP contribution in [0.2, 0.25) is 0 Å². The number of nitrogens with two attached hydrogens (primary N) is 1. The van der Waals surface area contributed by atoms with Crippen LogP contribution in [0, 0.1) is 5.92 Å². The molecule has 18 heavy (non-hydrogen) atoms. The van der Waals surface area contributed by atoms with E-state index in [0.29, 0.717) is 18.0 Å². The molecular formula is C14H23N3O. The van der Waals surface area contributed by atoms with E-state index in [-0.39, 0.29) is 11.9 Å². The van der Waals surface area contributed by atoms with Crippen LogP contribution in [0.4, 0.5) is 5.69 Å². The molecule has 1 aromatic heterocycles. The molecule has 4 heteroatoms. The van der Waals surface area contributed by atoms with Crippen molar-refractivity contribution in [3.63, 3.8) is 0 Å². The number of hydrogen-bond donors (Lipinski definition) is 1. The van der Waals surface area contributed by atoms with Gasteiger partial charge in [0.15, 0.2) is 0 Å². The van der Waals surface area contributed by atoms with E-state index in [1.165, 1.54) is 0 Å². The topological polar surface area (TPSA) is 59.2 Å². The molecular weight excluding hydrogens is 226 g/mol. The molecule has 0 fully saturated rings. The number of rotatable bonds is 5. The Kier molecular flexibility index (Phi) is 5.13. The smallest absolute Gasteiger partial charge is 0.228 e. The van der Waals surface area contributed by atoms with Gasteiger partial charge in [-0.2, -0.15) is 0 Å². The lowest BCUT2D eigenvalue weighted by Gasteiger charge is -2.28. The maximum Gasteiger partial charge on any atom is 0.228 e. The third kappa shape index (κ3) is 4.35. The van der Waals surface area contributed by atoms with Gasteiger partial charge in [0.25, 0.3) is 0 Å². The highest BCUT2D eigenvalue weighted by atomic mass is 16.2. The lowest BCUT2D eigenvalue weighted by atomic mass is 10.1. The maximum atomic E-state index is 12.2. The van der Waals surface area contributed by atoms with E-state index in [2.05, 4.69) is 18.8 Å². The number of nitrogens with zero attached hydrogens (tertiary/aromatic N) is 2. The highest BCUT2D eigenvalue weighted by molar-refractivity contribution is 5.78. The second kappa shape index (κ2) is 6.38. The summed E-state index contributed by atoms with van der Waals surface area (Å²) in [5, 5.41) is 0. The van der Waals surface area contributed by atoms with Crippen LogP contribution in [-0.4, -0.2) is 28.4 Å². The Hall–Kier alpha value is -1.58. The minimum absolute atomic E-state index is 0.121. The second-order valence-electron chi connectivity index (χ2n) is 5.29. The molecule has 100 valence electrons.